The number of carbonyl (C=O) groups excluding carboxylic acids is 2. The zero-order valence-corrected chi connectivity index (χ0v) is 21.5. The van der Waals surface area contributed by atoms with E-state index in [1.807, 2.05) is 24.3 Å². The van der Waals surface area contributed by atoms with Crippen LogP contribution in [-0.4, -0.2) is 39.8 Å². The zero-order chi connectivity index (χ0) is 26.6. The third-order valence-electron chi connectivity index (χ3n) is 7.85. The highest BCUT2D eigenvalue weighted by atomic mass is 16.6. The molecule has 4 unspecified atom stereocenters. The van der Waals surface area contributed by atoms with Gasteiger partial charge in [0.2, 0.25) is 0 Å². The van der Waals surface area contributed by atoms with Crippen LogP contribution < -0.4 is 10.3 Å². The highest BCUT2D eigenvalue weighted by molar-refractivity contribution is 5.85. The summed E-state index contributed by atoms with van der Waals surface area (Å²) in [6.45, 7) is 6.41. The van der Waals surface area contributed by atoms with Gasteiger partial charge in [0, 0.05) is 23.8 Å². The molecule has 0 bridgehead atoms. The van der Waals surface area contributed by atoms with Gasteiger partial charge in [-0.05, 0) is 49.2 Å². The van der Waals surface area contributed by atoms with Gasteiger partial charge in [0.25, 0.3) is 5.56 Å². The summed E-state index contributed by atoms with van der Waals surface area (Å²) in [7, 11) is 1.60. The van der Waals surface area contributed by atoms with Gasteiger partial charge < -0.3 is 23.9 Å². The van der Waals surface area contributed by atoms with Crippen molar-refractivity contribution in [2.45, 2.75) is 59.0 Å². The Kier molecular flexibility index (Phi) is 6.06. The van der Waals surface area contributed by atoms with Crippen LogP contribution in [0.5, 0.6) is 5.75 Å². The smallest absolute Gasteiger partial charge is 0.312 e. The first kappa shape index (κ1) is 25.0. The predicted molar refractivity (Wildman–Crippen MR) is 135 cm³/mol. The molecule has 0 saturated carbocycles. The molecule has 1 aromatic carbocycles. The van der Waals surface area contributed by atoms with E-state index in [9.17, 15) is 19.5 Å². The lowest BCUT2D eigenvalue weighted by Crippen LogP contribution is -2.46. The van der Waals surface area contributed by atoms with Crippen molar-refractivity contribution in [3.63, 3.8) is 0 Å². The summed E-state index contributed by atoms with van der Waals surface area (Å²) in [5.74, 6) is -1.99. The lowest BCUT2D eigenvalue weighted by Gasteiger charge is -2.39. The van der Waals surface area contributed by atoms with Gasteiger partial charge in [0.15, 0.2) is 0 Å². The Balaban J connectivity index is 1.72. The van der Waals surface area contributed by atoms with E-state index in [0.717, 1.165) is 16.5 Å². The second-order valence-corrected chi connectivity index (χ2v) is 9.90. The van der Waals surface area contributed by atoms with Crippen molar-refractivity contribution >= 4 is 22.8 Å². The van der Waals surface area contributed by atoms with E-state index in [-0.39, 0.29) is 24.2 Å². The van der Waals surface area contributed by atoms with Crippen LogP contribution in [0.25, 0.3) is 22.3 Å². The van der Waals surface area contributed by atoms with E-state index in [2.05, 4.69) is 0 Å². The summed E-state index contributed by atoms with van der Waals surface area (Å²) in [5.41, 5.74) is 1.51. The topological polar surface area (TPSA) is 117 Å². The normalized spacial score (nSPS) is 24.7. The largest absolute Gasteiger partial charge is 0.497 e. The van der Waals surface area contributed by atoms with Crippen LogP contribution in [-0.2, 0) is 37.8 Å². The minimum absolute atomic E-state index is 0.211. The number of pyridine rings is 2. The number of carbonyl (C=O) groups is 2. The number of rotatable bonds is 3. The Hall–Kier alpha value is -3.72. The summed E-state index contributed by atoms with van der Waals surface area (Å²) in [6.07, 6.45) is -0.721. The molecule has 4 heterocycles. The fourth-order valence-electron chi connectivity index (χ4n) is 5.67. The third kappa shape index (κ3) is 3.89. The van der Waals surface area contributed by atoms with E-state index < -0.39 is 35.5 Å². The van der Waals surface area contributed by atoms with Crippen molar-refractivity contribution in [3.05, 3.63) is 57.4 Å². The second kappa shape index (κ2) is 8.99. The van der Waals surface area contributed by atoms with Gasteiger partial charge in [-0.1, -0.05) is 13.8 Å². The molecule has 2 aliphatic heterocycles. The number of aromatic nitrogens is 2. The summed E-state index contributed by atoms with van der Waals surface area (Å²) in [6, 6.07) is 9.35. The highest BCUT2D eigenvalue weighted by Crippen LogP contribution is 2.43. The number of methoxy groups -OCH3 is 1. The van der Waals surface area contributed by atoms with Gasteiger partial charge in [-0.15, -0.1) is 0 Å². The van der Waals surface area contributed by atoms with Gasteiger partial charge >= 0.3 is 11.9 Å². The SMILES string of the molecule is CCC1(O)c2cc3n(c(=O)c2COC(=O)C(C)C(OC(C)=O)C1C)Cc1cc2cc(OC)ccc2nc1-3. The molecule has 9 nitrogen and oxygen atoms in total. The average Bonchev–Trinajstić information content (AvgIpc) is 3.25. The first-order valence-corrected chi connectivity index (χ1v) is 12.4. The minimum Gasteiger partial charge on any atom is -0.497 e. The Morgan fingerprint density at radius 2 is 2.00 bits per heavy atom. The fourth-order valence-corrected chi connectivity index (χ4v) is 5.67. The van der Waals surface area contributed by atoms with Crippen LogP contribution in [0.2, 0.25) is 0 Å². The maximum absolute atomic E-state index is 13.8. The molecule has 0 fully saturated rings. The summed E-state index contributed by atoms with van der Waals surface area (Å²) in [5, 5.41) is 13.0. The fraction of sp³-hybridized carbons (Fsp3) is 0.429. The number of cyclic esters (lactones) is 1. The zero-order valence-electron chi connectivity index (χ0n) is 21.5. The number of esters is 2. The van der Waals surface area contributed by atoms with E-state index in [4.69, 9.17) is 19.2 Å². The van der Waals surface area contributed by atoms with Crippen LogP contribution in [0.4, 0.5) is 0 Å². The summed E-state index contributed by atoms with van der Waals surface area (Å²) >= 11 is 0. The molecule has 4 atom stereocenters. The molecule has 0 aliphatic carbocycles. The van der Waals surface area contributed by atoms with Crippen molar-refractivity contribution < 1.29 is 28.9 Å². The van der Waals surface area contributed by atoms with Gasteiger partial charge in [-0.25, -0.2) is 4.98 Å². The molecule has 37 heavy (non-hydrogen) atoms. The van der Waals surface area contributed by atoms with Crippen molar-refractivity contribution in [2.75, 3.05) is 7.11 Å². The van der Waals surface area contributed by atoms with Crippen LogP contribution in [0, 0.1) is 11.8 Å². The predicted octanol–water partition coefficient (Wildman–Crippen LogP) is 3.29. The number of fused-ring (bicyclic) bond motifs is 5. The van der Waals surface area contributed by atoms with E-state index >= 15 is 0 Å². The van der Waals surface area contributed by atoms with Crippen LogP contribution in [0.15, 0.2) is 35.1 Å². The number of benzene rings is 1. The van der Waals surface area contributed by atoms with E-state index in [1.165, 1.54) is 6.92 Å². The van der Waals surface area contributed by atoms with E-state index in [1.54, 1.807) is 38.5 Å². The molecule has 9 heteroatoms. The first-order chi connectivity index (χ1) is 17.6. The summed E-state index contributed by atoms with van der Waals surface area (Å²) in [4.78, 5) is 43.4. The third-order valence-corrected chi connectivity index (χ3v) is 7.85. The maximum Gasteiger partial charge on any atom is 0.312 e. The number of hydrogen-bond donors (Lipinski definition) is 1. The molecule has 5 rings (SSSR count). The molecule has 0 spiro atoms. The van der Waals surface area contributed by atoms with Crippen molar-refractivity contribution in [1.29, 1.82) is 0 Å². The first-order valence-electron chi connectivity index (χ1n) is 12.4. The quantitative estimate of drug-likeness (QED) is 0.421. The van der Waals surface area contributed by atoms with Crippen LogP contribution in [0.3, 0.4) is 0 Å². The molecule has 194 valence electrons. The van der Waals surface area contributed by atoms with Gasteiger partial charge in [-0.2, -0.15) is 0 Å². The maximum atomic E-state index is 13.8. The highest BCUT2D eigenvalue weighted by Gasteiger charge is 2.47. The number of aliphatic hydroxyl groups is 1. The Morgan fingerprint density at radius 3 is 2.68 bits per heavy atom. The standard InChI is InChI=1S/C28H30N2O7/c1-6-28(34)15(3)25(37-16(4)31)14(2)27(33)36-13-20-21(28)11-23-24-18(12-30(23)26(20)32)9-17-10-19(35-5)7-8-22(17)29-24/h7-11,14-15,25,34H,6,12-13H2,1-5H3. The molecular weight excluding hydrogens is 476 g/mol. The number of nitrogens with zero attached hydrogens (tertiary/aromatic N) is 2. The monoisotopic (exact) mass is 506 g/mol. The number of hydrogen-bond acceptors (Lipinski definition) is 8. The Morgan fingerprint density at radius 1 is 1.24 bits per heavy atom. The van der Waals surface area contributed by atoms with Crippen molar-refractivity contribution in [1.82, 2.24) is 9.55 Å². The van der Waals surface area contributed by atoms with Crippen molar-refractivity contribution in [3.8, 4) is 17.1 Å². The van der Waals surface area contributed by atoms with Crippen LogP contribution >= 0.6 is 0 Å². The molecule has 0 saturated heterocycles. The molecule has 0 radical (unpaired) electrons. The molecule has 3 aromatic rings. The van der Waals surface area contributed by atoms with Gasteiger partial charge in [-0.3, -0.25) is 14.4 Å². The van der Waals surface area contributed by atoms with E-state index in [0.29, 0.717) is 29.2 Å². The Labute approximate surface area is 214 Å². The molecule has 2 aliphatic rings. The lowest BCUT2D eigenvalue weighted by atomic mass is 9.73. The Bertz CT molecular complexity index is 1490. The second-order valence-electron chi connectivity index (χ2n) is 9.90. The molecule has 0 amide bonds. The summed E-state index contributed by atoms with van der Waals surface area (Å²) < 4.78 is 18.0. The minimum atomic E-state index is -1.57. The molecule has 1 N–H and O–H groups in total. The molecular formula is C28H30N2O7. The molecule has 2 aromatic heterocycles. The van der Waals surface area contributed by atoms with Gasteiger partial charge in [0.05, 0.1) is 47.6 Å². The van der Waals surface area contributed by atoms with Crippen LogP contribution in [0.1, 0.15) is 50.8 Å². The van der Waals surface area contributed by atoms with Crippen molar-refractivity contribution in [2.24, 2.45) is 11.8 Å². The lowest BCUT2D eigenvalue weighted by molar-refractivity contribution is -0.170. The van der Waals surface area contributed by atoms with Gasteiger partial charge in [0.1, 0.15) is 18.5 Å². The number of ether oxygens (including phenoxy) is 3. The average molecular weight is 507 g/mol.